The molecule has 0 bridgehead atoms. The molecule has 0 amide bonds. The molecule has 9 nitrogen and oxygen atoms in total. The molecule has 1 aliphatic heterocycles. The summed E-state index contributed by atoms with van der Waals surface area (Å²) in [7, 11) is -3.95. The van der Waals surface area contributed by atoms with Crippen LogP contribution in [-0.4, -0.2) is 62.9 Å². The quantitative estimate of drug-likeness (QED) is 0.377. The Hall–Kier alpha value is -3.97. The van der Waals surface area contributed by atoms with E-state index in [1.54, 1.807) is 6.07 Å². The van der Waals surface area contributed by atoms with Crippen LogP contribution in [0.3, 0.4) is 0 Å². The highest BCUT2D eigenvalue weighted by molar-refractivity contribution is 7.92. The van der Waals surface area contributed by atoms with Crippen LogP contribution in [0.4, 0.5) is 30.2 Å². The number of carboxylic acids is 2. The van der Waals surface area contributed by atoms with Gasteiger partial charge in [0.2, 0.25) is 0 Å². The van der Waals surface area contributed by atoms with Gasteiger partial charge in [-0.2, -0.15) is 13.2 Å². The van der Waals surface area contributed by atoms with Gasteiger partial charge >= 0.3 is 18.1 Å². The van der Waals surface area contributed by atoms with E-state index >= 15 is 0 Å². The zero-order chi connectivity index (χ0) is 28.8. The molecule has 1 saturated heterocycles. The van der Waals surface area contributed by atoms with Crippen molar-refractivity contribution in [3.63, 3.8) is 0 Å². The van der Waals surface area contributed by atoms with Crippen molar-refractivity contribution in [1.82, 2.24) is 0 Å². The number of nitrogens with zero attached hydrogens (tertiary/aromatic N) is 2. The number of halogens is 4. The number of alkyl halides is 3. The van der Waals surface area contributed by atoms with Gasteiger partial charge < -0.3 is 20.0 Å². The summed E-state index contributed by atoms with van der Waals surface area (Å²) in [4.78, 5) is 25.2. The number of benzene rings is 3. The zero-order valence-electron chi connectivity index (χ0n) is 20.1. The monoisotopic (exact) mass is 585 g/mol. The summed E-state index contributed by atoms with van der Waals surface area (Å²) in [6.45, 7) is 3.06. The SMILES string of the molecule is O=C(O)C(F)(F)F.O=C(O)c1cc(N2CCN(c3ccccc3)CC2)ccc1NS(=O)(=O)c1ccc(Cl)cc1. The minimum Gasteiger partial charge on any atom is -0.478 e. The van der Waals surface area contributed by atoms with Gasteiger partial charge in [-0.1, -0.05) is 29.8 Å². The second-order valence-corrected chi connectivity index (χ2v) is 10.3. The third-order valence-corrected chi connectivity index (χ3v) is 7.24. The average Bonchev–Trinajstić information content (AvgIpc) is 2.89. The summed E-state index contributed by atoms with van der Waals surface area (Å²) in [5.41, 5.74) is 1.81. The molecule has 0 saturated carbocycles. The number of aromatic carboxylic acids is 1. The Kier molecular flexibility index (Phi) is 9.30. The Labute approximate surface area is 227 Å². The van der Waals surface area contributed by atoms with E-state index in [2.05, 4.69) is 26.7 Å². The van der Waals surface area contributed by atoms with Gasteiger partial charge in [0, 0.05) is 42.6 Å². The summed E-state index contributed by atoms with van der Waals surface area (Å²) in [6, 6.07) is 20.5. The van der Waals surface area contributed by atoms with Gasteiger partial charge in [0.05, 0.1) is 16.1 Å². The standard InChI is InChI=1S/C23H22ClN3O4S.C2HF3O2/c24-17-6-9-20(10-7-17)32(30,31)25-22-11-8-19(16-21(22)23(28)29)27-14-12-26(13-15-27)18-4-2-1-3-5-18;3-2(4,5)1(6)7/h1-11,16,25H,12-15H2,(H,28,29);(H,6,7). The van der Waals surface area contributed by atoms with E-state index in [0.717, 1.165) is 37.6 Å². The van der Waals surface area contributed by atoms with Crippen LogP contribution in [0.2, 0.25) is 5.02 Å². The van der Waals surface area contributed by atoms with E-state index in [-0.39, 0.29) is 16.1 Å². The summed E-state index contributed by atoms with van der Waals surface area (Å²) in [6.07, 6.45) is -5.08. The Balaban J connectivity index is 0.000000532. The molecular formula is C25H23ClF3N3O6S. The second kappa shape index (κ2) is 12.3. The number of nitrogens with one attached hydrogen (secondary N) is 1. The van der Waals surface area contributed by atoms with Crippen molar-refractivity contribution < 1.29 is 41.4 Å². The molecule has 3 aromatic rings. The van der Waals surface area contributed by atoms with Gasteiger partial charge in [-0.25, -0.2) is 18.0 Å². The molecule has 0 aliphatic carbocycles. The van der Waals surface area contributed by atoms with Crippen LogP contribution in [0.25, 0.3) is 0 Å². The molecule has 0 unspecified atom stereocenters. The van der Waals surface area contributed by atoms with Gasteiger partial charge in [-0.05, 0) is 54.6 Å². The molecular weight excluding hydrogens is 563 g/mol. The van der Waals surface area contributed by atoms with Crippen molar-refractivity contribution in [3.8, 4) is 0 Å². The van der Waals surface area contributed by atoms with Crippen molar-refractivity contribution in [1.29, 1.82) is 0 Å². The topological polar surface area (TPSA) is 127 Å². The van der Waals surface area contributed by atoms with Gasteiger partial charge in [-0.3, -0.25) is 4.72 Å². The Bertz CT molecular complexity index is 1410. The first-order chi connectivity index (χ1) is 18.3. The maximum Gasteiger partial charge on any atom is 0.490 e. The Morgan fingerprint density at radius 1 is 0.821 bits per heavy atom. The van der Waals surface area contributed by atoms with Gasteiger partial charge in [-0.15, -0.1) is 0 Å². The van der Waals surface area contributed by atoms with Crippen molar-refractivity contribution in [2.45, 2.75) is 11.1 Å². The highest BCUT2D eigenvalue weighted by Gasteiger charge is 2.38. The molecule has 0 aromatic heterocycles. The number of carboxylic acid groups (broad SMARTS) is 2. The number of sulfonamides is 1. The van der Waals surface area contributed by atoms with E-state index in [1.165, 1.54) is 36.4 Å². The molecule has 208 valence electrons. The molecule has 1 heterocycles. The van der Waals surface area contributed by atoms with E-state index in [9.17, 15) is 31.5 Å². The lowest BCUT2D eigenvalue weighted by Crippen LogP contribution is -2.46. The third kappa shape index (κ3) is 8.01. The maximum absolute atomic E-state index is 12.7. The fourth-order valence-corrected chi connectivity index (χ4v) is 4.88. The Morgan fingerprint density at radius 2 is 1.33 bits per heavy atom. The summed E-state index contributed by atoms with van der Waals surface area (Å²) in [5, 5.41) is 17.2. The average molecular weight is 586 g/mol. The van der Waals surface area contributed by atoms with Crippen molar-refractivity contribution in [3.05, 3.63) is 83.4 Å². The van der Waals surface area contributed by atoms with E-state index in [1.807, 2.05) is 18.2 Å². The highest BCUT2D eigenvalue weighted by atomic mass is 35.5. The van der Waals surface area contributed by atoms with E-state index in [0.29, 0.717) is 5.02 Å². The highest BCUT2D eigenvalue weighted by Crippen LogP contribution is 2.28. The van der Waals surface area contributed by atoms with Crippen LogP contribution in [0.5, 0.6) is 0 Å². The number of aliphatic carboxylic acids is 1. The van der Waals surface area contributed by atoms with Crippen molar-refractivity contribution in [2.24, 2.45) is 0 Å². The predicted octanol–water partition coefficient (Wildman–Crippen LogP) is 4.80. The molecule has 1 aliphatic rings. The molecule has 14 heteroatoms. The fraction of sp³-hybridized carbons (Fsp3) is 0.200. The predicted molar refractivity (Wildman–Crippen MR) is 140 cm³/mol. The number of para-hydroxylation sites is 1. The largest absolute Gasteiger partial charge is 0.490 e. The third-order valence-electron chi connectivity index (χ3n) is 5.61. The van der Waals surface area contributed by atoms with Gasteiger partial charge in [0.25, 0.3) is 10.0 Å². The van der Waals surface area contributed by atoms with Gasteiger partial charge in [0.15, 0.2) is 0 Å². The number of anilines is 3. The number of rotatable bonds is 6. The first kappa shape index (κ1) is 29.6. The lowest BCUT2D eigenvalue weighted by molar-refractivity contribution is -0.192. The second-order valence-electron chi connectivity index (χ2n) is 8.21. The van der Waals surface area contributed by atoms with Gasteiger partial charge in [0.1, 0.15) is 0 Å². The molecule has 3 N–H and O–H groups in total. The number of piperazine rings is 1. The minimum atomic E-state index is -5.08. The lowest BCUT2D eigenvalue weighted by Gasteiger charge is -2.37. The number of carbonyl (C=O) groups is 2. The molecule has 0 spiro atoms. The molecule has 3 aromatic carbocycles. The molecule has 0 radical (unpaired) electrons. The zero-order valence-corrected chi connectivity index (χ0v) is 21.7. The minimum absolute atomic E-state index is 0.000603. The first-order valence-electron chi connectivity index (χ1n) is 11.3. The first-order valence-corrected chi connectivity index (χ1v) is 13.1. The number of hydrogen-bond acceptors (Lipinski definition) is 6. The Morgan fingerprint density at radius 3 is 1.82 bits per heavy atom. The van der Waals surface area contributed by atoms with Crippen LogP contribution in [-0.2, 0) is 14.8 Å². The molecule has 4 rings (SSSR count). The molecule has 39 heavy (non-hydrogen) atoms. The van der Waals surface area contributed by atoms with Crippen molar-refractivity contribution >= 4 is 50.6 Å². The van der Waals surface area contributed by atoms with E-state index < -0.39 is 28.1 Å². The summed E-state index contributed by atoms with van der Waals surface area (Å²) in [5.74, 6) is -3.96. The molecule has 1 fully saturated rings. The number of hydrogen-bond donors (Lipinski definition) is 3. The smallest absolute Gasteiger partial charge is 0.478 e. The lowest BCUT2D eigenvalue weighted by atomic mass is 10.1. The van der Waals surface area contributed by atoms with Crippen LogP contribution in [0.15, 0.2) is 77.7 Å². The summed E-state index contributed by atoms with van der Waals surface area (Å²) < 4.78 is 59.5. The maximum atomic E-state index is 12.7. The van der Waals surface area contributed by atoms with Crippen LogP contribution < -0.4 is 14.5 Å². The summed E-state index contributed by atoms with van der Waals surface area (Å²) >= 11 is 5.82. The molecule has 0 atom stereocenters. The van der Waals surface area contributed by atoms with Crippen LogP contribution in [0.1, 0.15) is 10.4 Å². The van der Waals surface area contributed by atoms with Crippen LogP contribution in [0, 0.1) is 0 Å². The van der Waals surface area contributed by atoms with Crippen molar-refractivity contribution in [2.75, 3.05) is 40.7 Å². The normalized spacial score (nSPS) is 13.7. The van der Waals surface area contributed by atoms with E-state index in [4.69, 9.17) is 21.5 Å². The fourth-order valence-electron chi connectivity index (χ4n) is 3.67. The van der Waals surface area contributed by atoms with Crippen LogP contribution >= 0.6 is 11.6 Å².